The molecule has 152 valence electrons. The lowest BCUT2D eigenvalue weighted by molar-refractivity contribution is 0.153. The molecule has 3 rings (SSSR count). The largest absolute Gasteiger partial charge is 0.490 e. The fraction of sp³-hybridized carbons (Fsp3) is 0.500. The van der Waals surface area contributed by atoms with Crippen molar-refractivity contribution < 1.29 is 9.47 Å². The van der Waals surface area contributed by atoms with Crippen LogP contribution in [0, 0.1) is 5.92 Å². The zero-order valence-electron chi connectivity index (χ0n) is 17.5. The Labute approximate surface area is 169 Å². The van der Waals surface area contributed by atoms with E-state index in [0.717, 1.165) is 49.7 Å². The summed E-state index contributed by atoms with van der Waals surface area (Å²) in [7, 11) is 0. The van der Waals surface area contributed by atoms with Crippen LogP contribution in [0.2, 0.25) is 0 Å². The first-order valence-electron chi connectivity index (χ1n) is 10.6. The first-order valence-corrected chi connectivity index (χ1v) is 10.6. The summed E-state index contributed by atoms with van der Waals surface area (Å²) < 4.78 is 12.0. The molecule has 0 saturated carbocycles. The van der Waals surface area contributed by atoms with E-state index in [1.807, 2.05) is 25.1 Å². The van der Waals surface area contributed by atoms with Crippen LogP contribution in [0.25, 0.3) is 0 Å². The van der Waals surface area contributed by atoms with Crippen LogP contribution in [0.4, 0.5) is 0 Å². The normalized spacial score (nSPS) is 16.1. The molecule has 1 atom stereocenters. The van der Waals surface area contributed by atoms with Crippen LogP contribution in [0.5, 0.6) is 11.5 Å². The molecule has 0 amide bonds. The third-order valence-electron chi connectivity index (χ3n) is 5.18. The van der Waals surface area contributed by atoms with Gasteiger partial charge in [0.15, 0.2) is 11.5 Å². The van der Waals surface area contributed by atoms with Crippen molar-refractivity contribution in [3.8, 4) is 11.5 Å². The van der Waals surface area contributed by atoms with E-state index in [0.29, 0.717) is 25.2 Å². The number of piperazine rings is 1. The number of hydrogen-bond donors (Lipinski definition) is 1. The molecular weight excluding hydrogens is 348 g/mol. The molecule has 0 aliphatic carbocycles. The van der Waals surface area contributed by atoms with E-state index in [2.05, 4.69) is 54.4 Å². The van der Waals surface area contributed by atoms with Crippen molar-refractivity contribution in [1.29, 1.82) is 0 Å². The fourth-order valence-electron chi connectivity index (χ4n) is 3.79. The Morgan fingerprint density at radius 2 is 1.71 bits per heavy atom. The standard InChI is InChI=1S/C24H34N2O2/c1-4-27-24-17-21(22(16-19(2)3)26-14-12-25-13-15-26)10-11-23(24)28-18-20-8-6-5-7-9-20/h5-11,17,19,22,25H,4,12-16,18H2,1-3H3/t22-/m0/s1. The maximum Gasteiger partial charge on any atom is 0.161 e. The minimum absolute atomic E-state index is 0.421. The van der Waals surface area contributed by atoms with Crippen molar-refractivity contribution >= 4 is 0 Å². The van der Waals surface area contributed by atoms with Gasteiger partial charge >= 0.3 is 0 Å². The monoisotopic (exact) mass is 382 g/mol. The predicted molar refractivity (Wildman–Crippen MR) is 115 cm³/mol. The summed E-state index contributed by atoms with van der Waals surface area (Å²) in [5.41, 5.74) is 2.48. The second-order valence-electron chi connectivity index (χ2n) is 7.84. The van der Waals surface area contributed by atoms with Gasteiger partial charge in [-0.25, -0.2) is 0 Å². The zero-order chi connectivity index (χ0) is 19.8. The van der Waals surface area contributed by atoms with Gasteiger partial charge in [-0.2, -0.15) is 0 Å². The van der Waals surface area contributed by atoms with E-state index in [9.17, 15) is 0 Å². The average Bonchev–Trinajstić information content (AvgIpc) is 2.72. The third kappa shape index (κ3) is 5.73. The number of nitrogens with zero attached hydrogens (tertiary/aromatic N) is 1. The molecular formula is C24H34N2O2. The van der Waals surface area contributed by atoms with Crippen molar-refractivity contribution in [2.45, 2.75) is 39.8 Å². The Morgan fingerprint density at radius 1 is 0.964 bits per heavy atom. The Kier molecular flexibility index (Phi) is 7.75. The van der Waals surface area contributed by atoms with E-state index >= 15 is 0 Å². The smallest absolute Gasteiger partial charge is 0.161 e. The predicted octanol–water partition coefficient (Wildman–Crippen LogP) is 4.66. The molecule has 1 heterocycles. The second-order valence-corrected chi connectivity index (χ2v) is 7.84. The highest BCUT2D eigenvalue weighted by Gasteiger charge is 2.24. The Morgan fingerprint density at radius 3 is 2.39 bits per heavy atom. The molecule has 1 fully saturated rings. The topological polar surface area (TPSA) is 33.7 Å². The highest BCUT2D eigenvalue weighted by molar-refractivity contribution is 5.44. The first-order chi connectivity index (χ1) is 13.7. The van der Waals surface area contributed by atoms with E-state index < -0.39 is 0 Å². The number of nitrogens with one attached hydrogen (secondary N) is 1. The number of ether oxygens (including phenoxy) is 2. The summed E-state index contributed by atoms with van der Waals surface area (Å²) >= 11 is 0. The van der Waals surface area contributed by atoms with E-state index in [-0.39, 0.29) is 0 Å². The molecule has 0 aromatic heterocycles. The quantitative estimate of drug-likeness (QED) is 0.684. The van der Waals surface area contributed by atoms with Gasteiger partial charge in [0.2, 0.25) is 0 Å². The number of hydrogen-bond acceptors (Lipinski definition) is 4. The molecule has 28 heavy (non-hydrogen) atoms. The van der Waals surface area contributed by atoms with E-state index in [4.69, 9.17) is 9.47 Å². The Bertz CT molecular complexity index is 712. The van der Waals surface area contributed by atoms with Crippen LogP contribution in [-0.2, 0) is 6.61 Å². The van der Waals surface area contributed by atoms with Crippen molar-refractivity contribution in [3.05, 3.63) is 59.7 Å². The molecule has 1 aliphatic heterocycles. The summed E-state index contributed by atoms with van der Waals surface area (Å²) in [6, 6.07) is 17.2. The molecule has 0 bridgehead atoms. The zero-order valence-corrected chi connectivity index (χ0v) is 17.5. The maximum absolute atomic E-state index is 6.09. The maximum atomic E-state index is 6.09. The van der Waals surface area contributed by atoms with Gasteiger partial charge in [0.05, 0.1) is 6.61 Å². The first kappa shape index (κ1) is 20.7. The average molecular weight is 383 g/mol. The van der Waals surface area contributed by atoms with Crippen LogP contribution in [0.3, 0.4) is 0 Å². The van der Waals surface area contributed by atoms with Crippen molar-refractivity contribution in [2.75, 3.05) is 32.8 Å². The lowest BCUT2D eigenvalue weighted by Crippen LogP contribution is -2.45. The Balaban J connectivity index is 1.80. The van der Waals surface area contributed by atoms with Crippen molar-refractivity contribution in [3.63, 3.8) is 0 Å². The molecule has 0 radical (unpaired) electrons. The molecule has 1 aliphatic rings. The van der Waals surface area contributed by atoms with Crippen LogP contribution < -0.4 is 14.8 Å². The molecule has 0 spiro atoms. The Hall–Kier alpha value is -2.04. The number of benzene rings is 2. The van der Waals surface area contributed by atoms with Gasteiger partial charge < -0.3 is 14.8 Å². The summed E-state index contributed by atoms with van der Waals surface area (Å²) in [4.78, 5) is 2.60. The van der Waals surface area contributed by atoms with Crippen LogP contribution >= 0.6 is 0 Å². The van der Waals surface area contributed by atoms with Gasteiger partial charge in [-0.3, -0.25) is 4.90 Å². The third-order valence-corrected chi connectivity index (χ3v) is 5.18. The fourth-order valence-corrected chi connectivity index (χ4v) is 3.79. The van der Waals surface area contributed by atoms with Gasteiger partial charge in [0.25, 0.3) is 0 Å². The summed E-state index contributed by atoms with van der Waals surface area (Å²) in [6.45, 7) is 12.1. The summed E-state index contributed by atoms with van der Waals surface area (Å²) in [5.74, 6) is 2.31. The van der Waals surface area contributed by atoms with Crippen LogP contribution in [0.1, 0.15) is 44.4 Å². The highest BCUT2D eigenvalue weighted by atomic mass is 16.5. The van der Waals surface area contributed by atoms with E-state index in [1.54, 1.807) is 0 Å². The lowest BCUT2D eigenvalue weighted by atomic mass is 9.94. The minimum atomic E-state index is 0.421. The van der Waals surface area contributed by atoms with Gasteiger partial charge in [-0.1, -0.05) is 50.2 Å². The van der Waals surface area contributed by atoms with Gasteiger partial charge in [0, 0.05) is 32.2 Å². The summed E-state index contributed by atoms with van der Waals surface area (Å²) in [5, 5.41) is 3.46. The molecule has 4 heteroatoms. The van der Waals surface area contributed by atoms with E-state index in [1.165, 1.54) is 5.56 Å². The lowest BCUT2D eigenvalue weighted by Gasteiger charge is -2.36. The molecule has 2 aromatic rings. The van der Waals surface area contributed by atoms with Crippen molar-refractivity contribution in [1.82, 2.24) is 10.2 Å². The SMILES string of the molecule is CCOc1cc([C@H](CC(C)C)N2CCNCC2)ccc1OCc1ccccc1. The number of rotatable bonds is 9. The van der Waals surface area contributed by atoms with Crippen LogP contribution in [0.15, 0.2) is 48.5 Å². The molecule has 1 saturated heterocycles. The molecule has 0 unspecified atom stereocenters. The highest BCUT2D eigenvalue weighted by Crippen LogP contribution is 2.35. The molecule has 4 nitrogen and oxygen atoms in total. The van der Waals surface area contributed by atoms with Gasteiger partial charge in [0.1, 0.15) is 6.61 Å². The van der Waals surface area contributed by atoms with Gasteiger partial charge in [-0.05, 0) is 42.5 Å². The second kappa shape index (κ2) is 10.5. The van der Waals surface area contributed by atoms with Crippen LogP contribution in [-0.4, -0.2) is 37.7 Å². The summed E-state index contributed by atoms with van der Waals surface area (Å²) in [6.07, 6.45) is 1.15. The molecule has 1 N–H and O–H groups in total. The minimum Gasteiger partial charge on any atom is -0.490 e. The molecule has 2 aromatic carbocycles. The van der Waals surface area contributed by atoms with Crippen molar-refractivity contribution in [2.24, 2.45) is 5.92 Å². The van der Waals surface area contributed by atoms with Gasteiger partial charge in [-0.15, -0.1) is 0 Å².